The summed E-state index contributed by atoms with van der Waals surface area (Å²) in [7, 11) is 0. The zero-order valence-corrected chi connectivity index (χ0v) is 5.90. The van der Waals surface area contributed by atoms with Crippen LogP contribution in [-0.2, 0) is 4.79 Å². The van der Waals surface area contributed by atoms with Crippen molar-refractivity contribution >= 4 is 12.2 Å². The first kappa shape index (κ1) is 6.60. The molecule has 2 rings (SSSR count). The summed E-state index contributed by atoms with van der Waals surface area (Å²) < 4.78 is 0. The van der Waals surface area contributed by atoms with E-state index in [9.17, 15) is 9.90 Å². The summed E-state index contributed by atoms with van der Waals surface area (Å²) in [6.07, 6.45) is 1.68. The lowest BCUT2D eigenvalue weighted by Crippen LogP contribution is -2.45. The third-order valence-electron chi connectivity index (χ3n) is 2.00. The molecule has 0 aromatic rings. The predicted octanol–water partition coefficient (Wildman–Crippen LogP) is -1.51. The predicted molar refractivity (Wildman–Crippen MR) is 37.8 cm³/mol. The molecular weight excluding hydrogens is 146 g/mol. The third kappa shape index (κ3) is 0.970. The Morgan fingerprint density at radius 1 is 1.82 bits per heavy atom. The smallest absolute Gasteiger partial charge is 0.262 e. The van der Waals surface area contributed by atoms with Crippen LogP contribution in [0.25, 0.3) is 0 Å². The van der Waals surface area contributed by atoms with E-state index in [-0.39, 0.29) is 11.9 Å². The molecule has 5 heteroatoms. The second-order valence-electron chi connectivity index (χ2n) is 2.82. The van der Waals surface area contributed by atoms with Crippen molar-refractivity contribution in [2.24, 2.45) is 5.10 Å². The Bertz CT molecular complexity index is 216. The Morgan fingerprint density at radius 2 is 2.64 bits per heavy atom. The molecular formula is C6H9N3O2. The van der Waals surface area contributed by atoms with Gasteiger partial charge in [-0.3, -0.25) is 4.79 Å². The van der Waals surface area contributed by atoms with Crippen molar-refractivity contribution in [2.75, 3.05) is 6.54 Å². The molecule has 2 heterocycles. The van der Waals surface area contributed by atoms with Gasteiger partial charge in [-0.05, 0) is 0 Å². The summed E-state index contributed by atoms with van der Waals surface area (Å²) in [5.41, 5.74) is 2.35. The van der Waals surface area contributed by atoms with Crippen LogP contribution in [0.1, 0.15) is 6.42 Å². The van der Waals surface area contributed by atoms with Gasteiger partial charge in [-0.2, -0.15) is 5.10 Å². The lowest BCUT2D eigenvalue weighted by atomic mass is 10.2. The summed E-state index contributed by atoms with van der Waals surface area (Å²) in [6, 6.07) is -0.206. The Balaban J connectivity index is 2.19. The number of hydrazone groups is 1. The number of aliphatic hydroxyl groups is 1. The second-order valence-corrected chi connectivity index (χ2v) is 2.82. The van der Waals surface area contributed by atoms with Crippen LogP contribution in [0.3, 0.4) is 0 Å². The second kappa shape index (κ2) is 2.20. The average molecular weight is 155 g/mol. The van der Waals surface area contributed by atoms with Gasteiger partial charge in [0.1, 0.15) is 12.4 Å². The van der Waals surface area contributed by atoms with Crippen molar-refractivity contribution in [3.05, 3.63) is 0 Å². The first-order valence-corrected chi connectivity index (χ1v) is 3.54. The first-order chi connectivity index (χ1) is 5.27. The number of carbonyl (C=O) groups is 1. The van der Waals surface area contributed by atoms with E-state index in [1.54, 1.807) is 11.2 Å². The molecule has 0 radical (unpaired) electrons. The van der Waals surface area contributed by atoms with Crippen molar-refractivity contribution in [1.29, 1.82) is 0 Å². The lowest BCUT2D eigenvalue weighted by molar-refractivity contribution is -0.125. The number of hydrogen-bond donors (Lipinski definition) is 2. The van der Waals surface area contributed by atoms with E-state index in [0.717, 1.165) is 0 Å². The molecule has 0 aromatic heterocycles. The van der Waals surface area contributed by atoms with Crippen molar-refractivity contribution in [3.8, 4) is 0 Å². The van der Waals surface area contributed by atoms with Crippen LogP contribution in [0.15, 0.2) is 5.10 Å². The molecule has 0 spiro atoms. The number of fused-ring (bicyclic) bond motifs is 1. The van der Waals surface area contributed by atoms with Gasteiger partial charge in [0.2, 0.25) is 0 Å². The molecule has 1 fully saturated rings. The fourth-order valence-electron chi connectivity index (χ4n) is 1.46. The van der Waals surface area contributed by atoms with Crippen molar-refractivity contribution < 1.29 is 9.90 Å². The fraction of sp³-hybridized carbons (Fsp3) is 0.667. The Labute approximate surface area is 63.7 Å². The van der Waals surface area contributed by atoms with E-state index in [1.807, 2.05) is 0 Å². The number of amides is 1. The lowest BCUT2D eigenvalue weighted by Gasteiger charge is -2.22. The number of carbonyl (C=O) groups excluding carboxylic acids is 1. The molecule has 0 aromatic carbocycles. The molecule has 2 aliphatic heterocycles. The summed E-state index contributed by atoms with van der Waals surface area (Å²) in [5, 5.41) is 12.8. The summed E-state index contributed by atoms with van der Waals surface area (Å²) in [6.45, 7) is 0.515. The highest BCUT2D eigenvalue weighted by Crippen LogP contribution is 2.17. The molecule has 5 nitrogen and oxygen atoms in total. The van der Waals surface area contributed by atoms with Gasteiger partial charge in [0.05, 0.1) is 6.10 Å². The number of nitrogens with zero attached hydrogens (tertiary/aromatic N) is 2. The van der Waals surface area contributed by atoms with Crippen LogP contribution in [0.5, 0.6) is 0 Å². The van der Waals surface area contributed by atoms with Crippen LogP contribution in [-0.4, -0.2) is 40.9 Å². The number of nitrogens with one attached hydrogen (secondary N) is 1. The number of aliphatic hydroxyl groups excluding tert-OH is 1. The molecule has 60 valence electrons. The van der Waals surface area contributed by atoms with E-state index >= 15 is 0 Å². The van der Waals surface area contributed by atoms with Crippen molar-refractivity contribution in [2.45, 2.75) is 18.6 Å². The quantitative estimate of drug-likeness (QED) is 0.447. The maximum absolute atomic E-state index is 11.0. The minimum Gasteiger partial charge on any atom is -0.391 e. The van der Waals surface area contributed by atoms with Gasteiger partial charge in [-0.25, -0.2) is 5.43 Å². The van der Waals surface area contributed by atoms with E-state index in [0.29, 0.717) is 13.0 Å². The maximum atomic E-state index is 11.0. The number of hydrogen-bond acceptors (Lipinski definition) is 4. The maximum Gasteiger partial charge on any atom is 0.262 e. The highest BCUT2D eigenvalue weighted by atomic mass is 16.3. The molecule has 0 unspecified atom stereocenters. The van der Waals surface area contributed by atoms with Gasteiger partial charge >= 0.3 is 0 Å². The summed E-state index contributed by atoms with van der Waals surface area (Å²) in [5.74, 6) is -0.121. The van der Waals surface area contributed by atoms with E-state index < -0.39 is 6.10 Å². The van der Waals surface area contributed by atoms with Crippen molar-refractivity contribution in [1.82, 2.24) is 10.3 Å². The van der Waals surface area contributed by atoms with E-state index in [2.05, 4.69) is 10.5 Å². The van der Waals surface area contributed by atoms with Crippen molar-refractivity contribution in [3.63, 3.8) is 0 Å². The van der Waals surface area contributed by atoms with Crippen LogP contribution in [0.4, 0.5) is 0 Å². The van der Waals surface area contributed by atoms with Gasteiger partial charge in [0, 0.05) is 13.0 Å². The molecule has 0 aliphatic carbocycles. The van der Waals surface area contributed by atoms with Gasteiger partial charge in [0.15, 0.2) is 0 Å². The Hall–Kier alpha value is -1.10. The molecule has 2 aliphatic rings. The van der Waals surface area contributed by atoms with Crippen LogP contribution < -0.4 is 5.43 Å². The Morgan fingerprint density at radius 3 is 3.36 bits per heavy atom. The molecule has 11 heavy (non-hydrogen) atoms. The minimum atomic E-state index is -0.393. The normalized spacial score (nSPS) is 35.4. The topological polar surface area (TPSA) is 64.9 Å². The standard InChI is InChI=1S/C6H9N3O2/c10-4-1-5-6(11)8-7-3-9(5)2-4/h3-5,10H,1-2H2,(H,8,11)/t4-,5+/m1/s1. The molecule has 1 amide bonds. The van der Waals surface area contributed by atoms with Crippen LogP contribution >= 0.6 is 0 Å². The third-order valence-corrected chi connectivity index (χ3v) is 2.00. The van der Waals surface area contributed by atoms with Gasteiger partial charge in [-0.1, -0.05) is 0 Å². The monoisotopic (exact) mass is 155 g/mol. The fourth-order valence-corrected chi connectivity index (χ4v) is 1.46. The highest BCUT2D eigenvalue weighted by molar-refractivity contribution is 5.87. The average Bonchev–Trinajstić information content (AvgIpc) is 2.31. The van der Waals surface area contributed by atoms with Gasteiger partial charge in [-0.15, -0.1) is 0 Å². The molecule has 0 bridgehead atoms. The van der Waals surface area contributed by atoms with E-state index in [1.165, 1.54) is 0 Å². The zero-order valence-electron chi connectivity index (χ0n) is 5.90. The zero-order chi connectivity index (χ0) is 7.84. The van der Waals surface area contributed by atoms with Crippen LogP contribution in [0, 0.1) is 0 Å². The summed E-state index contributed by atoms with van der Waals surface area (Å²) >= 11 is 0. The molecule has 2 atom stereocenters. The van der Waals surface area contributed by atoms with E-state index in [4.69, 9.17) is 0 Å². The Kier molecular flexibility index (Phi) is 1.32. The first-order valence-electron chi connectivity index (χ1n) is 3.54. The SMILES string of the molecule is O=C1NN=CN2C[C@H](O)C[C@@H]12. The molecule has 0 saturated carbocycles. The van der Waals surface area contributed by atoms with Crippen LogP contribution in [0.2, 0.25) is 0 Å². The highest BCUT2D eigenvalue weighted by Gasteiger charge is 2.36. The summed E-state index contributed by atoms with van der Waals surface area (Å²) in [4.78, 5) is 12.8. The molecule has 2 N–H and O–H groups in total. The largest absolute Gasteiger partial charge is 0.391 e. The minimum absolute atomic E-state index is 0.121. The number of rotatable bonds is 0. The van der Waals surface area contributed by atoms with Gasteiger partial charge < -0.3 is 10.0 Å². The molecule has 1 saturated heterocycles. The van der Waals surface area contributed by atoms with Gasteiger partial charge in [0.25, 0.3) is 5.91 Å².